The van der Waals surface area contributed by atoms with E-state index >= 15 is 0 Å². The van der Waals surface area contributed by atoms with E-state index in [9.17, 15) is 0 Å². The molecule has 20 heavy (non-hydrogen) atoms. The zero-order chi connectivity index (χ0) is 13.8. The molecule has 0 aromatic carbocycles. The molecule has 110 valence electrons. The fourth-order valence-corrected chi connectivity index (χ4v) is 4.98. The van der Waals surface area contributed by atoms with Gasteiger partial charge in [0.1, 0.15) is 10.7 Å². The highest BCUT2D eigenvalue weighted by molar-refractivity contribution is 7.99. The number of hydrogen-bond donors (Lipinski definition) is 0. The Labute approximate surface area is 130 Å². The zero-order valence-corrected chi connectivity index (χ0v) is 13.8. The molecule has 1 aromatic rings. The lowest BCUT2D eigenvalue weighted by Gasteiger charge is -2.23. The smallest absolute Gasteiger partial charge is 0.138 e. The highest BCUT2D eigenvalue weighted by Gasteiger charge is 2.20. The van der Waals surface area contributed by atoms with Gasteiger partial charge in [-0.2, -0.15) is 8.75 Å². The molecule has 2 aliphatic rings. The highest BCUT2D eigenvalue weighted by Crippen LogP contribution is 2.33. The van der Waals surface area contributed by atoms with Gasteiger partial charge in [0.15, 0.2) is 0 Å². The minimum atomic E-state index is 0.895. The van der Waals surface area contributed by atoms with Crippen LogP contribution in [0.2, 0.25) is 0 Å². The summed E-state index contributed by atoms with van der Waals surface area (Å²) >= 11 is 3.30. The van der Waals surface area contributed by atoms with Crippen LogP contribution in [0.3, 0.4) is 0 Å². The second kappa shape index (κ2) is 7.05. The summed E-state index contributed by atoms with van der Waals surface area (Å²) in [7, 11) is 2.18. The van der Waals surface area contributed by atoms with Crippen LogP contribution in [-0.2, 0) is 0 Å². The fourth-order valence-electron chi connectivity index (χ4n) is 3.09. The lowest BCUT2D eigenvalue weighted by molar-refractivity contribution is 0.372. The molecule has 0 saturated heterocycles. The van der Waals surface area contributed by atoms with E-state index in [1.165, 1.54) is 60.2 Å². The first-order valence-corrected chi connectivity index (χ1v) is 9.38. The van der Waals surface area contributed by atoms with Crippen LogP contribution >= 0.6 is 23.5 Å². The summed E-state index contributed by atoms with van der Waals surface area (Å²) in [6.45, 7) is 2.17. The van der Waals surface area contributed by atoms with E-state index in [0.29, 0.717) is 0 Å². The summed E-state index contributed by atoms with van der Waals surface area (Å²) in [6, 6.07) is 0. The first-order valence-electron chi connectivity index (χ1n) is 7.66. The summed E-state index contributed by atoms with van der Waals surface area (Å²) in [4.78, 5) is 2.37. The van der Waals surface area contributed by atoms with Crippen LogP contribution in [0.4, 0.5) is 0 Å². The largest absolute Gasteiger partial charge is 0.302 e. The Morgan fingerprint density at radius 3 is 2.95 bits per heavy atom. The van der Waals surface area contributed by atoms with Gasteiger partial charge in [0, 0.05) is 18.8 Å². The molecule has 0 amide bonds. The Morgan fingerprint density at radius 1 is 1.30 bits per heavy atom. The van der Waals surface area contributed by atoms with Gasteiger partial charge >= 0.3 is 0 Å². The Hall–Kier alpha value is -0.390. The summed E-state index contributed by atoms with van der Waals surface area (Å²) in [6.07, 6.45) is 10.6. The Balaban J connectivity index is 1.62. The van der Waals surface area contributed by atoms with Gasteiger partial charge in [0.2, 0.25) is 0 Å². The maximum Gasteiger partial charge on any atom is 0.138 e. The predicted octanol–water partition coefficient (Wildman–Crippen LogP) is 3.93. The maximum absolute atomic E-state index is 4.55. The summed E-state index contributed by atoms with van der Waals surface area (Å²) in [5, 5.41) is 1.17. The van der Waals surface area contributed by atoms with Crippen molar-refractivity contribution in [2.45, 2.75) is 43.6 Å². The van der Waals surface area contributed by atoms with Crippen molar-refractivity contribution in [3.63, 3.8) is 0 Å². The molecule has 1 aromatic heterocycles. The van der Waals surface area contributed by atoms with E-state index < -0.39 is 0 Å². The lowest BCUT2D eigenvalue weighted by Crippen LogP contribution is -2.25. The van der Waals surface area contributed by atoms with Gasteiger partial charge in [-0.25, -0.2) is 0 Å². The Bertz CT molecular complexity index is 463. The average molecular weight is 310 g/mol. The molecule has 1 aliphatic carbocycles. The quantitative estimate of drug-likeness (QED) is 0.788. The number of rotatable bonds is 4. The molecule has 5 heteroatoms. The van der Waals surface area contributed by atoms with Crippen molar-refractivity contribution >= 4 is 29.1 Å². The fraction of sp³-hybridized carbons (Fsp3) is 0.733. The van der Waals surface area contributed by atoms with E-state index in [1.54, 1.807) is 0 Å². The molecule has 0 bridgehead atoms. The van der Waals surface area contributed by atoms with Crippen LogP contribution in [0, 0.1) is 5.92 Å². The topological polar surface area (TPSA) is 29.0 Å². The molecule has 3 rings (SSSR count). The lowest BCUT2D eigenvalue weighted by atomic mass is 9.91. The number of aromatic nitrogens is 2. The molecule has 1 fully saturated rings. The number of thioether (sulfide) groups is 1. The van der Waals surface area contributed by atoms with Crippen molar-refractivity contribution < 1.29 is 0 Å². The van der Waals surface area contributed by atoms with E-state index in [4.69, 9.17) is 0 Å². The summed E-state index contributed by atoms with van der Waals surface area (Å²) in [5.41, 5.74) is 2.53. The SMILES string of the molecule is CN1CCC=C(c2nsnc2SCC2CCCCC2)C1. The van der Waals surface area contributed by atoms with E-state index in [1.807, 2.05) is 11.8 Å². The van der Waals surface area contributed by atoms with Crippen molar-refractivity contribution in [2.24, 2.45) is 5.92 Å². The molecule has 3 nitrogen and oxygen atoms in total. The van der Waals surface area contributed by atoms with Gasteiger partial charge in [0.05, 0.1) is 11.7 Å². The molecule has 2 heterocycles. The minimum Gasteiger partial charge on any atom is -0.302 e. The van der Waals surface area contributed by atoms with Gasteiger partial charge in [-0.1, -0.05) is 25.3 Å². The van der Waals surface area contributed by atoms with Gasteiger partial charge in [-0.05, 0) is 37.8 Å². The van der Waals surface area contributed by atoms with Gasteiger partial charge < -0.3 is 4.90 Å². The van der Waals surface area contributed by atoms with E-state index in [2.05, 4.69) is 26.8 Å². The average Bonchev–Trinajstić information content (AvgIpc) is 2.95. The Kier molecular flexibility index (Phi) is 5.13. The second-order valence-electron chi connectivity index (χ2n) is 5.99. The van der Waals surface area contributed by atoms with Crippen LogP contribution in [-0.4, -0.2) is 39.5 Å². The second-order valence-corrected chi connectivity index (χ2v) is 7.53. The molecule has 1 saturated carbocycles. The van der Waals surface area contributed by atoms with Crippen molar-refractivity contribution in [1.29, 1.82) is 0 Å². The predicted molar refractivity (Wildman–Crippen MR) is 87.3 cm³/mol. The molecule has 0 radical (unpaired) electrons. The maximum atomic E-state index is 4.55. The summed E-state index contributed by atoms with van der Waals surface area (Å²) < 4.78 is 9.09. The zero-order valence-electron chi connectivity index (χ0n) is 12.2. The number of hydrogen-bond acceptors (Lipinski definition) is 5. The number of nitrogens with zero attached hydrogens (tertiary/aromatic N) is 3. The Morgan fingerprint density at radius 2 is 2.15 bits per heavy atom. The number of likely N-dealkylation sites (N-methyl/N-ethyl adjacent to an activating group) is 1. The molecule has 0 unspecified atom stereocenters. The molecule has 0 spiro atoms. The van der Waals surface area contributed by atoms with Crippen LogP contribution < -0.4 is 0 Å². The standard InChI is InChI=1S/C15H23N3S2/c1-18-9-5-8-13(10-18)14-15(17-20-16-14)19-11-12-6-3-2-4-7-12/h8,12H,2-7,9-11H2,1H3. The van der Waals surface area contributed by atoms with Gasteiger partial charge in [-0.3, -0.25) is 0 Å². The molecule has 0 N–H and O–H groups in total. The third-order valence-electron chi connectivity index (χ3n) is 4.28. The third kappa shape index (κ3) is 3.62. The molecule has 1 aliphatic heterocycles. The third-order valence-corrected chi connectivity index (χ3v) is 6.13. The normalized spacial score (nSPS) is 21.9. The summed E-state index contributed by atoms with van der Waals surface area (Å²) in [5.74, 6) is 2.12. The first kappa shape index (κ1) is 14.5. The van der Waals surface area contributed by atoms with Crippen molar-refractivity contribution in [2.75, 3.05) is 25.9 Å². The molecule has 0 atom stereocenters. The van der Waals surface area contributed by atoms with Crippen molar-refractivity contribution in [3.8, 4) is 0 Å². The monoisotopic (exact) mass is 309 g/mol. The van der Waals surface area contributed by atoms with Gasteiger partial charge in [-0.15, -0.1) is 11.8 Å². The minimum absolute atomic E-state index is 0.895. The van der Waals surface area contributed by atoms with Crippen molar-refractivity contribution in [1.82, 2.24) is 13.6 Å². The first-order chi connectivity index (χ1) is 9.83. The van der Waals surface area contributed by atoms with Crippen LogP contribution in [0.25, 0.3) is 5.57 Å². The molecular formula is C15H23N3S2. The van der Waals surface area contributed by atoms with E-state index in [0.717, 1.165) is 31.1 Å². The highest BCUT2D eigenvalue weighted by atomic mass is 32.2. The van der Waals surface area contributed by atoms with E-state index in [-0.39, 0.29) is 0 Å². The van der Waals surface area contributed by atoms with Gasteiger partial charge in [0.25, 0.3) is 0 Å². The van der Waals surface area contributed by atoms with Crippen LogP contribution in [0.5, 0.6) is 0 Å². The molecular weight excluding hydrogens is 286 g/mol. The van der Waals surface area contributed by atoms with Crippen molar-refractivity contribution in [3.05, 3.63) is 11.8 Å². The van der Waals surface area contributed by atoms with Crippen LogP contribution in [0.15, 0.2) is 11.1 Å². The van der Waals surface area contributed by atoms with Crippen LogP contribution in [0.1, 0.15) is 44.2 Å².